The molecule has 0 unspecified atom stereocenters. The Labute approximate surface area is 171 Å². The minimum atomic E-state index is -1.38. The molecule has 0 aromatic heterocycles. The molecule has 0 rings (SSSR count). The molecule has 0 fully saturated rings. The third kappa shape index (κ3) is 11.9. The lowest BCUT2D eigenvalue weighted by molar-refractivity contribution is -0.173. The summed E-state index contributed by atoms with van der Waals surface area (Å²) in [5.74, 6) is -6.81. The van der Waals surface area contributed by atoms with Crippen LogP contribution < -0.4 is 0 Å². The Kier molecular flexibility index (Phi) is 12.6. The van der Waals surface area contributed by atoms with E-state index in [2.05, 4.69) is 41.6 Å². The molecular weight excluding hydrogens is 408 g/mol. The van der Waals surface area contributed by atoms with Crippen LogP contribution >= 0.6 is 0 Å². The van der Waals surface area contributed by atoms with E-state index < -0.39 is 49.0 Å². The fourth-order valence-electron chi connectivity index (χ4n) is 1.29. The topological polar surface area (TPSA) is 158 Å². The first-order valence-corrected chi connectivity index (χ1v) is 8.39. The van der Waals surface area contributed by atoms with Gasteiger partial charge in [0.1, 0.15) is 39.6 Å². The zero-order valence-electron chi connectivity index (χ0n) is 16.6. The molecule has 0 N–H and O–H groups in total. The molecule has 166 valence electrons. The number of ether oxygens (including phenoxy) is 6. The lowest BCUT2D eigenvalue weighted by Gasteiger charge is -2.08. The van der Waals surface area contributed by atoms with Crippen molar-refractivity contribution in [3.8, 4) is 0 Å². The number of carbonyl (C=O) groups excluding carboxylic acids is 6. The second-order valence-corrected chi connectivity index (χ2v) is 5.38. The number of rotatable bonds is 11. The van der Waals surface area contributed by atoms with Gasteiger partial charge in [-0.1, -0.05) is 13.2 Å². The molecule has 0 heterocycles. The molecule has 0 aliphatic heterocycles. The Morgan fingerprint density at radius 3 is 0.767 bits per heavy atom. The fourth-order valence-corrected chi connectivity index (χ4v) is 1.29. The second-order valence-electron chi connectivity index (χ2n) is 5.38. The highest BCUT2D eigenvalue weighted by Crippen LogP contribution is 1.94. The summed E-state index contributed by atoms with van der Waals surface area (Å²) in [6, 6.07) is 0. The molecule has 0 aromatic rings. The summed E-state index contributed by atoms with van der Waals surface area (Å²) in [7, 11) is 0. The van der Waals surface area contributed by atoms with Gasteiger partial charge >= 0.3 is 35.8 Å². The van der Waals surface area contributed by atoms with Crippen LogP contribution in [0.25, 0.3) is 0 Å². The van der Waals surface area contributed by atoms with Gasteiger partial charge in [0.05, 0.1) is 0 Å². The first kappa shape index (κ1) is 26.3. The first-order valence-electron chi connectivity index (χ1n) is 8.39. The van der Waals surface area contributed by atoms with E-state index in [4.69, 9.17) is 0 Å². The molecule has 0 radical (unpaired) electrons. The van der Waals surface area contributed by atoms with Crippen molar-refractivity contribution in [2.24, 2.45) is 0 Å². The van der Waals surface area contributed by atoms with Crippen LogP contribution in [0.4, 0.5) is 0 Å². The molecule has 12 nitrogen and oxygen atoms in total. The first-order chi connectivity index (χ1) is 14.1. The molecule has 12 heteroatoms. The maximum absolute atomic E-state index is 11.3. The molecule has 0 aliphatic carbocycles. The molecule has 0 aliphatic rings. The van der Waals surface area contributed by atoms with Crippen LogP contribution in [0.2, 0.25) is 0 Å². The molecule has 0 amide bonds. The summed E-state index contributed by atoms with van der Waals surface area (Å²) < 4.78 is 27.2. The number of carbonyl (C=O) groups is 6. The molecule has 0 bridgehead atoms. The maximum Gasteiger partial charge on any atom is 0.417 e. The maximum atomic E-state index is 11.3. The van der Waals surface area contributed by atoms with Gasteiger partial charge in [-0.2, -0.15) is 0 Å². The van der Waals surface area contributed by atoms with E-state index in [1.165, 1.54) is 13.8 Å². The highest BCUT2D eigenvalue weighted by Gasteiger charge is 2.20. The predicted molar refractivity (Wildman–Crippen MR) is 95.4 cm³/mol. The average molecular weight is 430 g/mol. The Bertz CT molecular complexity index is 646. The van der Waals surface area contributed by atoms with Crippen molar-refractivity contribution in [3.05, 3.63) is 24.3 Å². The van der Waals surface area contributed by atoms with Crippen LogP contribution in [0.3, 0.4) is 0 Å². The largest absolute Gasteiger partial charge is 0.459 e. The predicted octanol–water partition coefficient (Wildman–Crippen LogP) is -0.602. The third-order valence-electron chi connectivity index (χ3n) is 2.68. The van der Waals surface area contributed by atoms with Crippen molar-refractivity contribution < 1.29 is 57.2 Å². The Hall–Kier alpha value is -3.70. The lowest BCUT2D eigenvalue weighted by atomic mass is 10.4. The molecule has 0 spiro atoms. The monoisotopic (exact) mass is 430 g/mol. The number of hydrogen-bond acceptors (Lipinski definition) is 12. The van der Waals surface area contributed by atoms with E-state index in [1.807, 2.05) is 0 Å². The van der Waals surface area contributed by atoms with Gasteiger partial charge in [-0.3, -0.25) is 0 Å². The van der Waals surface area contributed by atoms with Gasteiger partial charge in [0.15, 0.2) is 0 Å². The minimum Gasteiger partial charge on any atom is -0.459 e. The van der Waals surface area contributed by atoms with E-state index in [9.17, 15) is 28.8 Å². The fraction of sp³-hybridized carbons (Fsp3) is 0.444. The zero-order valence-corrected chi connectivity index (χ0v) is 16.6. The lowest BCUT2D eigenvalue weighted by Crippen LogP contribution is -2.26. The number of hydrogen-bond donors (Lipinski definition) is 0. The molecular formula is C18H22O12. The van der Waals surface area contributed by atoms with E-state index in [-0.39, 0.29) is 37.6 Å². The quantitative estimate of drug-likeness (QED) is 0.135. The van der Waals surface area contributed by atoms with Crippen molar-refractivity contribution in [2.45, 2.75) is 13.8 Å². The van der Waals surface area contributed by atoms with Gasteiger partial charge < -0.3 is 28.4 Å². The van der Waals surface area contributed by atoms with Gasteiger partial charge in [-0.25, -0.2) is 28.8 Å². The van der Waals surface area contributed by atoms with E-state index in [0.29, 0.717) is 0 Å². The van der Waals surface area contributed by atoms with Crippen LogP contribution in [0.5, 0.6) is 0 Å². The Morgan fingerprint density at radius 1 is 0.433 bits per heavy atom. The second kappa shape index (κ2) is 14.3. The highest BCUT2D eigenvalue weighted by atomic mass is 16.6. The van der Waals surface area contributed by atoms with Crippen LogP contribution in [0, 0.1) is 0 Å². The van der Waals surface area contributed by atoms with Crippen LogP contribution in [0.1, 0.15) is 13.8 Å². The summed E-state index contributed by atoms with van der Waals surface area (Å²) >= 11 is 0. The Morgan fingerprint density at radius 2 is 0.600 bits per heavy atom. The van der Waals surface area contributed by atoms with Gasteiger partial charge in [-0.05, 0) is 13.8 Å². The van der Waals surface area contributed by atoms with Crippen molar-refractivity contribution >= 4 is 35.8 Å². The summed E-state index contributed by atoms with van der Waals surface area (Å²) in [5, 5.41) is 0. The van der Waals surface area contributed by atoms with Crippen molar-refractivity contribution in [2.75, 3.05) is 39.6 Å². The van der Waals surface area contributed by atoms with E-state index in [0.717, 1.165) is 0 Å². The van der Waals surface area contributed by atoms with E-state index >= 15 is 0 Å². The molecule has 0 saturated carbocycles. The van der Waals surface area contributed by atoms with Crippen molar-refractivity contribution in [1.29, 1.82) is 0 Å². The van der Waals surface area contributed by atoms with Gasteiger partial charge in [-0.15, -0.1) is 0 Å². The summed E-state index contributed by atoms with van der Waals surface area (Å²) in [4.78, 5) is 67.5. The SMILES string of the molecule is C=C(C)C(=O)OCCOC(=O)C(=O)OCCOC(=O)C(=O)OCCOC(=O)C(=C)C. The van der Waals surface area contributed by atoms with E-state index in [1.54, 1.807) is 0 Å². The molecule has 0 aromatic carbocycles. The van der Waals surface area contributed by atoms with Crippen LogP contribution in [-0.2, 0) is 57.2 Å². The van der Waals surface area contributed by atoms with Gasteiger partial charge in [0.2, 0.25) is 0 Å². The van der Waals surface area contributed by atoms with Crippen molar-refractivity contribution in [3.63, 3.8) is 0 Å². The highest BCUT2D eigenvalue weighted by molar-refractivity contribution is 6.30. The smallest absolute Gasteiger partial charge is 0.417 e. The van der Waals surface area contributed by atoms with Crippen molar-refractivity contribution in [1.82, 2.24) is 0 Å². The number of esters is 6. The van der Waals surface area contributed by atoms with Crippen LogP contribution in [0.15, 0.2) is 24.3 Å². The molecule has 30 heavy (non-hydrogen) atoms. The summed E-state index contributed by atoms with van der Waals surface area (Å²) in [6.45, 7) is 7.17. The van der Waals surface area contributed by atoms with Gasteiger partial charge in [0.25, 0.3) is 0 Å². The zero-order chi connectivity index (χ0) is 23.1. The summed E-state index contributed by atoms with van der Waals surface area (Å²) in [5.41, 5.74) is 0.316. The summed E-state index contributed by atoms with van der Waals surface area (Å²) in [6.07, 6.45) is 0. The van der Waals surface area contributed by atoms with Gasteiger partial charge in [0, 0.05) is 11.1 Å². The Balaban J connectivity index is 3.88. The average Bonchev–Trinajstić information content (AvgIpc) is 2.70. The normalized spacial score (nSPS) is 9.53. The standard InChI is InChI=1S/C18H22O12/c1-11(2)13(19)25-5-7-27-15(21)17(23)29-9-10-30-18(24)16(22)28-8-6-26-14(20)12(3)4/h1,3,5-10H2,2,4H3. The van der Waals surface area contributed by atoms with Crippen LogP contribution in [-0.4, -0.2) is 75.5 Å². The third-order valence-corrected chi connectivity index (χ3v) is 2.68. The minimum absolute atomic E-state index is 0.158. The molecule has 0 atom stereocenters. The molecule has 0 saturated heterocycles.